The molecule has 6 nitrogen and oxygen atoms in total. The van der Waals surface area contributed by atoms with Crippen LogP contribution in [0.15, 0.2) is 24.3 Å². The van der Waals surface area contributed by atoms with Gasteiger partial charge in [-0.3, -0.25) is 14.5 Å². The van der Waals surface area contributed by atoms with Crippen molar-refractivity contribution in [3.05, 3.63) is 29.8 Å². The van der Waals surface area contributed by atoms with Gasteiger partial charge in [0.15, 0.2) is 0 Å². The zero-order valence-electron chi connectivity index (χ0n) is 12.2. The van der Waals surface area contributed by atoms with Crippen molar-refractivity contribution in [2.45, 2.75) is 19.5 Å². The van der Waals surface area contributed by atoms with E-state index in [2.05, 4.69) is 0 Å². The Bertz CT molecular complexity index is 488. The van der Waals surface area contributed by atoms with Crippen LogP contribution >= 0.6 is 0 Å². The summed E-state index contributed by atoms with van der Waals surface area (Å²) in [7, 11) is 3.36. The van der Waals surface area contributed by atoms with Gasteiger partial charge in [0.1, 0.15) is 0 Å². The number of amides is 2. The van der Waals surface area contributed by atoms with E-state index >= 15 is 0 Å². The third kappa shape index (κ3) is 4.24. The Morgan fingerprint density at radius 2 is 1.85 bits per heavy atom. The summed E-state index contributed by atoms with van der Waals surface area (Å²) >= 11 is 0. The highest BCUT2D eigenvalue weighted by atomic mass is 16.2. The maximum Gasteiger partial charge on any atom is 0.239 e. The van der Waals surface area contributed by atoms with Crippen molar-refractivity contribution in [3.63, 3.8) is 0 Å². The molecule has 1 rings (SSSR count). The number of likely N-dealkylation sites (N-methyl/N-ethyl adjacent to an activating group) is 1. The second-order valence-corrected chi connectivity index (χ2v) is 4.98. The molecule has 1 unspecified atom stereocenters. The summed E-state index contributed by atoms with van der Waals surface area (Å²) in [6, 6.07) is 6.92. The lowest BCUT2D eigenvalue weighted by atomic mass is 10.1. The van der Waals surface area contributed by atoms with Crippen molar-refractivity contribution in [2.24, 2.45) is 5.73 Å². The highest BCUT2D eigenvalue weighted by Gasteiger charge is 2.24. The molecule has 0 bridgehead atoms. The number of hydrogen-bond acceptors (Lipinski definition) is 4. The Morgan fingerprint density at radius 1 is 1.25 bits per heavy atom. The molecular formula is C14H22N4O2. The summed E-state index contributed by atoms with van der Waals surface area (Å²) in [6.07, 6.45) is 0. The van der Waals surface area contributed by atoms with Crippen LogP contribution in [0.25, 0.3) is 0 Å². The first-order valence-corrected chi connectivity index (χ1v) is 6.39. The standard InChI is InChI=1S/C14H22N4O2/c1-10(14(20)17(2)3)18(9-13(16)19)8-11-6-4-5-7-12(11)15/h4-7,10H,8-9,15H2,1-3H3,(H2,16,19). The van der Waals surface area contributed by atoms with Crippen molar-refractivity contribution in [3.8, 4) is 0 Å². The van der Waals surface area contributed by atoms with Crippen LogP contribution in [0.2, 0.25) is 0 Å². The maximum absolute atomic E-state index is 12.0. The zero-order valence-corrected chi connectivity index (χ0v) is 12.2. The van der Waals surface area contributed by atoms with Crippen LogP contribution in [0.3, 0.4) is 0 Å². The molecule has 2 amide bonds. The van der Waals surface area contributed by atoms with Gasteiger partial charge in [-0.2, -0.15) is 0 Å². The normalized spacial score (nSPS) is 12.2. The molecule has 0 spiro atoms. The Hall–Kier alpha value is -2.08. The minimum Gasteiger partial charge on any atom is -0.398 e. The lowest BCUT2D eigenvalue weighted by molar-refractivity contribution is -0.134. The van der Waals surface area contributed by atoms with Crippen molar-refractivity contribution in [1.29, 1.82) is 0 Å². The Morgan fingerprint density at radius 3 is 2.35 bits per heavy atom. The van der Waals surface area contributed by atoms with Gasteiger partial charge in [0.25, 0.3) is 0 Å². The summed E-state index contributed by atoms with van der Waals surface area (Å²) in [5.41, 5.74) is 12.7. The minimum atomic E-state index is -0.474. The van der Waals surface area contributed by atoms with Crippen molar-refractivity contribution in [2.75, 3.05) is 26.4 Å². The number of carbonyl (C=O) groups is 2. The van der Waals surface area contributed by atoms with Crippen LogP contribution in [-0.4, -0.2) is 48.3 Å². The average molecular weight is 278 g/mol. The van der Waals surface area contributed by atoms with Crippen molar-refractivity contribution >= 4 is 17.5 Å². The lowest BCUT2D eigenvalue weighted by Crippen LogP contribution is -2.47. The average Bonchev–Trinajstić information content (AvgIpc) is 2.38. The molecule has 0 fully saturated rings. The SMILES string of the molecule is CC(C(=O)N(C)C)N(CC(N)=O)Cc1ccccc1N. The molecule has 0 saturated heterocycles. The molecular weight excluding hydrogens is 256 g/mol. The molecule has 0 saturated carbocycles. The smallest absolute Gasteiger partial charge is 0.239 e. The van der Waals surface area contributed by atoms with E-state index in [4.69, 9.17) is 11.5 Å². The van der Waals surface area contributed by atoms with Gasteiger partial charge in [0.05, 0.1) is 12.6 Å². The highest BCUT2D eigenvalue weighted by molar-refractivity contribution is 5.82. The molecule has 1 atom stereocenters. The summed E-state index contributed by atoms with van der Waals surface area (Å²) in [4.78, 5) is 26.5. The number of rotatable bonds is 6. The van der Waals surface area contributed by atoms with E-state index in [0.29, 0.717) is 12.2 Å². The van der Waals surface area contributed by atoms with Gasteiger partial charge in [0, 0.05) is 26.3 Å². The third-order valence-electron chi connectivity index (χ3n) is 3.13. The number of nitrogens with zero attached hydrogens (tertiary/aromatic N) is 2. The number of para-hydroxylation sites is 1. The monoisotopic (exact) mass is 278 g/mol. The molecule has 20 heavy (non-hydrogen) atoms. The number of anilines is 1. The molecule has 0 radical (unpaired) electrons. The number of benzene rings is 1. The van der Waals surface area contributed by atoms with Gasteiger partial charge in [0.2, 0.25) is 11.8 Å². The van der Waals surface area contributed by atoms with Gasteiger partial charge >= 0.3 is 0 Å². The van der Waals surface area contributed by atoms with E-state index in [1.807, 2.05) is 18.2 Å². The number of primary amides is 1. The topological polar surface area (TPSA) is 92.7 Å². The van der Waals surface area contributed by atoms with Crippen molar-refractivity contribution in [1.82, 2.24) is 9.80 Å². The Balaban J connectivity index is 2.92. The first kappa shape index (κ1) is 16.0. The van der Waals surface area contributed by atoms with E-state index in [1.54, 1.807) is 32.0 Å². The molecule has 4 N–H and O–H groups in total. The van der Waals surface area contributed by atoms with Gasteiger partial charge in [-0.25, -0.2) is 0 Å². The second kappa shape index (κ2) is 6.91. The zero-order chi connectivity index (χ0) is 15.3. The van der Waals surface area contributed by atoms with Crippen LogP contribution in [0, 0.1) is 0 Å². The first-order valence-electron chi connectivity index (χ1n) is 6.39. The number of carbonyl (C=O) groups excluding carboxylic acids is 2. The summed E-state index contributed by atoms with van der Waals surface area (Å²) in [5, 5.41) is 0. The molecule has 0 heterocycles. The molecule has 0 aliphatic carbocycles. The van der Waals surface area contributed by atoms with Gasteiger partial charge < -0.3 is 16.4 Å². The Kier molecular flexibility index (Phi) is 5.52. The third-order valence-corrected chi connectivity index (χ3v) is 3.13. The largest absolute Gasteiger partial charge is 0.398 e. The van der Waals surface area contributed by atoms with Gasteiger partial charge in [-0.15, -0.1) is 0 Å². The summed E-state index contributed by atoms with van der Waals surface area (Å²) < 4.78 is 0. The molecule has 0 aliphatic heterocycles. The van der Waals surface area contributed by atoms with Crippen LogP contribution < -0.4 is 11.5 Å². The second-order valence-electron chi connectivity index (χ2n) is 4.98. The summed E-state index contributed by atoms with van der Waals surface area (Å²) in [6.45, 7) is 2.16. The lowest BCUT2D eigenvalue weighted by Gasteiger charge is -2.29. The van der Waals surface area contributed by atoms with Gasteiger partial charge in [-0.05, 0) is 18.6 Å². The predicted octanol–water partition coefficient (Wildman–Crippen LogP) is 0.0328. The van der Waals surface area contributed by atoms with Crippen molar-refractivity contribution < 1.29 is 9.59 Å². The van der Waals surface area contributed by atoms with E-state index in [0.717, 1.165) is 5.56 Å². The molecule has 1 aromatic carbocycles. The van der Waals surface area contributed by atoms with Crippen LogP contribution in [-0.2, 0) is 16.1 Å². The van der Waals surface area contributed by atoms with E-state index < -0.39 is 11.9 Å². The van der Waals surface area contributed by atoms with E-state index in [-0.39, 0.29) is 12.5 Å². The minimum absolute atomic E-state index is 0.00901. The summed E-state index contributed by atoms with van der Waals surface area (Å²) in [5.74, 6) is -0.557. The van der Waals surface area contributed by atoms with Crippen LogP contribution in [0.5, 0.6) is 0 Å². The fraction of sp³-hybridized carbons (Fsp3) is 0.429. The molecule has 0 aliphatic rings. The van der Waals surface area contributed by atoms with Crippen LogP contribution in [0.4, 0.5) is 5.69 Å². The molecule has 110 valence electrons. The quantitative estimate of drug-likeness (QED) is 0.718. The molecule has 0 aromatic heterocycles. The predicted molar refractivity (Wildman–Crippen MR) is 78.6 cm³/mol. The number of nitrogens with two attached hydrogens (primary N) is 2. The maximum atomic E-state index is 12.0. The van der Waals surface area contributed by atoms with E-state index in [1.165, 1.54) is 4.90 Å². The first-order chi connectivity index (χ1) is 9.32. The number of nitrogen functional groups attached to an aromatic ring is 1. The number of hydrogen-bond donors (Lipinski definition) is 2. The van der Waals surface area contributed by atoms with Crippen LogP contribution in [0.1, 0.15) is 12.5 Å². The van der Waals surface area contributed by atoms with E-state index in [9.17, 15) is 9.59 Å². The highest BCUT2D eigenvalue weighted by Crippen LogP contribution is 2.15. The molecule has 1 aromatic rings. The fourth-order valence-corrected chi connectivity index (χ4v) is 1.96. The fourth-order valence-electron chi connectivity index (χ4n) is 1.96. The Labute approximate surface area is 119 Å². The van der Waals surface area contributed by atoms with Gasteiger partial charge in [-0.1, -0.05) is 18.2 Å². The molecule has 6 heteroatoms.